The van der Waals surface area contributed by atoms with E-state index in [2.05, 4.69) is 49.8 Å². The molecule has 1 unspecified atom stereocenters. The lowest BCUT2D eigenvalue weighted by atomic mass is 9.78. The fraction of sp³-hybridized carbons (Fsp3) is 0.355. The molecule has 1 saturated heterocycles. The van der Waals surface area contributed by atoms with E-state index in [9.17, 15) is 0 Å². The van der Waals surface area contributed by atoms with Crippen LogP contribution in [0.3, 0.4) is 0 Å². The van der Waals surface area contributed by atoms with E-state index in [1.165, 1.54) is 24.8 Å². The second-order valence-corrected chi connectivity index (χ2v) is 11.7. The summed E-state index contributed by atoms with van der Waals surface area (Å²) < 4.78 is 1.73. The van der Waals surface area contributed by atoms with Crippen molar-refractivity contribution in [3.05, 3.63) is 72.9 Å². The first-order valence-electron chi connectivity index (χ1n) is 14.4. The van der Waals surface area contributed by atoms with E-state index in [0.717, 1.165) is 47.5 Å². The van der Waals surface area contributed by atoms with Gasteiger partial charge in [-0.25, -0.2) is 19.6 Å². The van der Waals surface area contributed by atoms with E-state index in [-0.39, 0.29) is 11.5 Å². The van der Waals surface area contributed by atoms with Gasteiger partial charge in [0.05, 0.1) is 17.4 Å². The van der Waals surface area contributed by atoms with E-state index in [0.29, 0.717) is 23.5 Å². The Bertz CT molecular complexity index is 1680. The van der Waals surface area contributed by atoms with Gasteiger partial charge < -0.3 is 16.0 Å². The van der Waals surface area contributed by atoms with Gasteiger partial charge in [-0.05, 0) is 67.0 Å². The number of benzene rings is 1. The molecule has 1 aromatic carbocycles. The number of para-hydroxylation sites is 1. The molecule has 1 saturated carbocycles. The number of rotatable bonds is 7. The molecule has 10 heteroatoms. The number of pyridine rings is 2. The predicted molar refractivity (Wildman–Crippen MR) is 160 cm³/mol. The third-order valence-corrected chi connectivity index (χ3v) is 8.40. The van der Waals surface area contributed by atoms with Crippen LogP contribution in [0.4, 0.5) is 17.6 Å². The van der Waals surface area contributed by atoms with Crippen molar-refractivity contribution < 1.29 is 0 Å². The molecule has 0 spiro atoms. The Morgan fingerprint density at radius 2 is 1.88 bits per heavy atom. The molecule has 4 aromatic heterocycles. The zero-order valence-corrected chi connectivity index (χ0v) is 23.4. The second-order valence-electron chi connectivity index (χ2n) is 11.7. The number of nitrogens with zero attached hydrogens (tertiary/aromatic N) is 7. The molecule has 1 aliphatic heterocycles. The average molecular weight is 547 g/mol. The maximum absolute atomic E-state index is 5.16. The topological polar surface area (TPSA) is 118 Å². The third-order valence-electron chi connectivity index (χ3n) is 8.40. The Balaban J connectivity index is 1.24. The highest BCUT2D eigenvalue weighted by Gasteiger charge is 2.33. The Labute approximate surface area is 239 Å². The zero-order valence-electron chi connectivity index (χ0n) is 23.4. The van der Waals surface area contributed by atoms with Crippen molar-refractivity contribution in [2.75, 3.05) is 23.7 Å². The number of piperidine rings is 1. The van der Waals surface area contributed by atoms with Crippen molar-refractivity contribution in [3.8, 4) is 17.1 Å². The highest BCUT2D eigenvalue weighted by atomic mass is 15.4. The number of aromatic nitrogens is 7. The molecule has 10 nitrogen and oxygen atoms in total. The normalized spacial score (nSPS) is 18.6. The van der Waals surface area contributed by atoms with Gasteiger partial charge in [-0.15, -0.1) is 5.10 Å². The average Bonchev–Trinajstić information content (AvgIpc) is 3.42. The third kappa shape index (κ3) is 5.11. The van der Waals surface area contributed by atoms with E-state index >= 15 is 0 Å². The quantitative estimate of drug-likeness (QED) is 0.244. The molecule has 2 aliphatic rings. The van der Waals surface area contributed by atoms with Crippen LogP contribution in [0.5, 0.6) is 0 Å². The molecule has 3 N–H and O–H groups in total. The van der Waals surface area contributed by atoms with Crippen LogP contribution in [-0.2, 0) is 0 Å². The summed E-state index contributed by atoms with van der Waals surface area (Å²) in [6, 6.07) is 14.0. The zero-order chi connectivity index (χ0) is 27.8. The monoisotopic (exact) mass is 546 g/mol. The lowest BCUT2D eigenvalue weighted by Crippen LogP contribution is -2.49. The Kier molecular flexibility index (Phi) is 6.54. The minimum atomic E-state index is 0.0866. The van der Waals surface area contributed by atoms with Crippen molar-refractivity contribution >= 4 is 28.5 Å². The molecule has 1 aliphatic carbocycles. The van der Waals surface area contributed by atoms with Gasteiger partial charge in [-0.2, -0.15) is 4.98 Å². The van der Waals surface area contributed by atoms with Gasteiger partial charge in [0.2, 0.25) is 5.95 Å². The molecule has 7 rings (SSSR count). The Morgan fingerprint density at radius 1 is 1.00 bits per heavy atom. The van der Waals surface area contributed by atoms with E-state index in [1.807, 2.05) is 54.9 Å². The van der Waals surface area contributed by atoms with Crippen LogP contribution in [0.15, 0.2) is 67.4 Å². The van der Waals surface area contributed by atoms with Gasteiger partial charge >= 0.3 is 0 Å². The smallest absolute Gasteiger partial charge is 0.248 e. The summed E-state index contributed by atoms with van der Waals surface area (Å²) >= 11 is 0. The summed E-state index contributed by atoms with van der Waals surface area (Å²) in [5.41, 5.74) is 4.00. The molecular formula is C31H34N10. The van der Waals surface area contributed by atoms with Gasteiger partial charge in [0, 0.05) is 35.9 Å². The number of hydrogen-bond acceptors (Lipinski definition) is 9. The highest BCUT2D eigenvalue weighted by molar-refractivity contribution is 5.93. The Morgan fingerprint density at radius 3 is 2.68 bits per heavy atom. The molecule has 41 heavy (non-hydrogen) atoms. The maximum atomic E-state index is 5.16. The molecule has 2 fully saturated rings. The van der Waals surface area contributed by atoms with Crippen LogP contribution in [0.1, 0.15) is 51.0 Å². The van der Waals surface area contributed by atoms with Crippen molar-refractivity contribution in [3.63, 3.8) is 0 Å². The van der Waals surface area contributed by atoms with Crippen LogP contribution in [0, 0.1) is 5.41 Å². The SMILES string of the molecule is CC1(C)CNCCC1Nc1nc(-c2ccnc(Nc3ncn(-c4ccccc4)n3)c2)nc2cncc(C3CCC3)c12. The highest BCUT2D eigenvalue weighted by Crippen LogP contribution is 2.42. The molecule has 1 atom stereocenters. The molecular weight excluding hydrogens is 512 g/mol. The molecule has 0 radical (unpaired) electrons. The largest absolute Gasteiger partial charge is 0.366 e. The summed E-state index contributed by atoms with van der Waals surface area (Å²) in [6.45, 7) is 6.57. The summed E-state index contributed by atoms with van der Waals surface area (Å²) in [5.74, 6) is 3.12. The van der Waals surface area contributed by atoms with Crippen LogP contribution in [0.2, 0.25) is 0 Å². The first-order valence-corrected chi connectivity index (χ1v) is 14.4. The van der Waals surface area contributed by atoms with Crippen LogP contribution in [0.25, 0.3) is 28.0 Å². The van der Waals surface area contributed by atoms with Crippen molar-refractivity contribution in [2.24, 2.45) is 5.41 Å². The van der Waals surface area contributed by atoms with Gasteiger partial charge in [0.1, 0.15) is 18.0 Å². The van der Waals surface area contributed by atoms with E-state index in [4.69, 9.17) is 9.97 Å². The minimum Gasteiger partial charge on any atom is -0.366 e. The fourth-order valence-corrected chi connectivity index (χ4v) is 5.75. The fourth-order valence-electron chi connectivity index (χ4n) is 5.75. The van der Waals surface area contributed by atoms with E-state index < -0.39 is 0 Å². The number of hydrogen-bond donors (Lipinski definition) is 3. The minimum absolute atomic E-state index is 0.0866. The van der Waals surface area contributed by atoms with Gasteiger partial charge in [-0.1, -0.05) is 38.5 Å². The van der Waals surface area contributed by atoms with Crippen LogP contribution < -0.4 is 16.0 Å². The summed E-state index contributed by atoms with van der Waals surface area (Å²) in [6.07, 6.45) is 12.0. The van der Waals surface area contributed by atoms with Gasteiger partial charge in [0.15, 0.2) is 5.82 Å². The summed E-state index contributed by atoms with van der Waals surface area (Å²) in [5, 5.41) is 16.3. The molecule has 5 aromatic rings. The first kappa shape index (κ1) is 25.5. The van der Waals surface area contributed by atoms with Crippen molar-refractivity contribution in [2.45, 2.75) is 51.5 Å². The maximum Gasteiger partial charge on any atom is 0.248 e. The molecule has 0 bridgehead atoms. The molecule has 5 heterocycles. The summed E-state index contributed by atoms with van der Waals surface area (Å²) in [4.78, 5) is 23.7. The summed E-state index contributed by atoms with van der Waals surface area (Å²) in [7, 11) is 0. The van der Waals surface area contributed by atoms with Crippen molar-refractivity contribution in [1.29, 1.82) is 0 Å². The Hall–Kier alpha value is -4.44. The lowest BCUT2D eigenvalue weighted by molar-refractivity contribution is 0.236. The molecule has 208 valence electrons. The predicted octanol–water partition coefficient (Wildman–Crippen LogP) is 5.48. The molecule has 0 amide bonds. The number of fused-ring (bicyclic) bond motifs is 1. The number of anilines is 3. The van der Waals surface area contributed by atoms with E-state index in [1.54, 1.807) is 17.2 Å². The van der Waals surface area contributed by atoms with Crippen LogP contribution >= 0.6 is 0 Å². The first-order chi connectivity index (χ1) is 20.0. The second kappa shape index (κ2) is 10.5. The standard InChI is InChI=1S/C31H34N10/c1-31(2)18-32-13-12-25(31)37-29-27-23(20-7-6-8-20)16-33-17-24(27)36-28(39-29)21-11-14-34-26(15-21)38-30-35-19-41(40-30)22-9-4-3-5-10-22/h3-5,9-11,14-17,19-20,25,32H,6-8,12-13,18H2,1-2H3,(H,34,38,40)(H,36,37,39). The van der Waals surface area contributed by atoms with Crippen LogP contribution in [-0.4, -0.2) is 53.8 Å². The lowest BCUT2D eigenvalue weighted by Gasteiger charge is -2.40. The number of nitrogens with one attached hydrogen (secondary N) is 3. The van der Waals surface area contributed by atoms with Gasteiger partial charge in [-0.3, -0.25) is 4.98 Å². The van der Waals surface area contributed by atoms with Crippen molar-refractivity contribution in [1.82, 2.24) is 40.0 Å². The van der Waals surface area contributed by atoms with Gasteiger partial charge in [0.25, 0.3) is 0 Å².